The van der Waals surface area contributed by atoms with E-state index in [2.05, 4.69) is 0 Å². The summed E-state index contributed by atoms with van der Waals surface area (Å²) in [7, 11) is 0. The van der Waals surface area contributed by atoms with Crippen LogP contribution in [-0.2, 0) is 6.54 Å². The second kappa shape index (κ2) is 7.90. The first-order valence-corrected chi connectivity index (χ1v) is 7.60. The number of nitrogens with two attached hydrogens (primary N) is 2. The van der Waals surface area contributed by atoms with Gasteiger partial charge in [-0.2, -0.15) is 0 Å². The first kappa shape index (κ1) is 15.7. The molecule has 112 valence electrons. The van der Waals surface area contributed by atoms with Crippen LogP contribution in [-0.4, -0.2) is 13.3 Å². The molecule has 0 spiro atoms. The summed E-state index contributed by atoms with van der Waals surface area (Å²) in [5, 5.41) is 0. The predicted molar refractivity (Wildman–Crippen MR) is 85.4 cm³/mol. The molecule has 0 aromatic heterocycles. The number of ether oxygens (including phenoxy) is 1. The summed E-state index contributed by atoms with van der Waals surface area (Å²) in [6, 6.07) is 13.5. The standard InChI is InChI=1S/C16H19FN2OS/c17-8-3-9-20-13-6-7-15(12(10-13)11-18)21-16-5-2-1-4-14(16)19/h1-2,4-7,10H,3,8-9,11,18-19H2. The fourth-order valence-electron chi connectivity index (χ4n) is 1.84. The summed E-state index contributed by atoms with van der Waals surface area (Å²) in [6.07, 6.45) is 0.398. The van der Waals surface area contributed by atoms with Crippen LogP contribution < -0.4 is 16.2 Å². The van der Waals surface area contributed by atoms with Crippen LogP contribution in [0.25, 0.3) is 0 Å². The van der Waals surface area contributed by atoms with Crippen molar-refractivity contribution in [2.24, 2.45) is 5.73 Å². The molecule has 2 rings (SSSR count). The van der Waals surface area contributed by atoms with E-state index in [0.717, 1.165) is 21.0 Å². The Morgan fingerprint density at radius 2 is 1.90 bits per heavy atom. The third-order valence-corrected chi connectivity index (χ3v) is 4.15. The average molecular weight is 306 g/mol. The van der Waals surface area contributed by atoms with Gasteiger partial charge in [-0.3, -0.25) is 4.39 Å². The Hall–Kier alpha value is -1.72. The van der Waals surface area contributed by atoms with Crippen LogP contribution >= 0.6 is 11.8 Å². The maximum Gasteiger partial charge on any atom is 0.119 e. The summed E-state index contributed by atoms with van der Waals surface area (Å²) >= 11 is 1.58. The number of para-hydroxylation sites is 1. The van der Waals surface area contributed by atoms with Gasteiger partial charge >= 0.3 is 0 Å². The molecule has 2 aromatic carbocycles. The lowest BCUT2D eigenvalue weighted by Gasteiger charge is -2.12. The van der Waals surface area contributed by atoms with E-state index in [1.54, 1.807) is 11.8 Å². The van der Waals surface area contributed by atoms with Gasteiger partial charge < -0.3 is 16.2 Å². The molecule has 0 aliphatic rings. The van der Waals surface area contributed by atoms with Crippen LogP contribution in [0.3, 0.4) is 0 Å². The number of anilines is 1. The molecule has 21 heavy (non-hydrogen) atoms. The number of halogens is 1. The highest BCUT2D eigenvalue weighted by atomic mass is 32.2. The molecule has 0 unspecified atom stereocenters. The molecule has 0 bridgehead atoms. The maximum absolute atomic E-state index is 12.1. The van der Waals surface area contributed by atoms with Gasteiger partial charge in [0.1, 0.15) is 5.75 Å². The molecule has 5 heteroatoms. The number of benzene rings is 2. The van der Waals surface area contributed by atoms with Gasteiger partial charge in [-0.1, -0.05) is 23.9 Å². The molecule has 0 fully saturated rings. The molecule has 0 heterocycles. The average Bonchev–Trinajstić information content (AvgIpc) is 2.51. The zero-order valence-electron chi connectivity index (χ0n) is 11.7. The Balaban J connectivity index is 2.14. The van der Waals surface area contributed by atoms with Crippen LogP contribution in [0.15, 0.2) is 52.3 Å². The van der Waals surface area contributed by atoms with Gasteiger partial charge in [0, 0.05) is 28.4 Å². The summed E-state index contributed by atoms with van der Waals surface area (Å²) < 4.78 is 17.6. The van der Waals surface area contributed by atoms with E-state index in [4.69, 9.17) is 16.2 Å². The third kappa shape index (κ3) is 4.37. The number of nitrogen functional groups attached to an aromatic ring is 1. The maximum atomic E-state index is 12.1. The van der Waals surface area contributed by atoms with Gasteiger partial charge in [-0.05, 0) is 35.9 Å². The van der Waals surface area contributed by atoms with Crippen molar-refractivity contribution in [1.82, 2.24) is 0 Å². The van der Waals surface area contributed by atoms with E-state index in [1.807, 2.05) is 42.5 Å². The molecule has 2 aromatic rings. The lowest BCUT2D eigenvalue weighted by molar-refractivity contribution is 0.289. The van der Waals surface area contributed by atoms with Crippen LogP contribution in [0.1, 0.15) is 12.0 Å². The van der Waals surface area contributed by atoms with E-state index in [1.165, 1.54) is 0 Å². The molecule has 0 amide bonds. The van der Waals surface area contributed by atoms with E-state index in [9.17, 15) is 4.39 Å². The fourth-order valence-corrected chi connectivity index (χ4v) is 2.82. The highest BCUT2D eigenvalue weighted by molar-refractivity contribution is 7.99. The minimum Gasteiger partial charge on any atom is -0.493 e. The van der Waals surface area contributed by atoms with Crippen LogP contribution in [0.4, 0.5) is 10.1 Å². The van der Waals surface area contributed by atoms with Gasteiger partial charge in [0.25, 0.3) is 0 Å². The van der Waals surface area contributed by atoms with Crippen molar-refractivity contribution in [3.05, 3.63) is 48.0 Å². The smallest absolute Gasteiger partial charge is 0.119 e. The zero-order valence-corrected chi connectivity index (χ0v) is 12.5. The highest BCUT2D eigenvalue weighted by Crippen LogP contribution is 2.35. The van der Waals surface area contributed by atoms with Crippen molar-refractivity contribution in [2.75, 3.05) is 19.0 Å². The fraction of sp³-hybridized carbons (Fsp3) is 0.250. The third-order valence-electron chi connectivity index (χ3n) is 2.94. The topological polar surface area (TPSA) is 61.3 Å². The summed E-state index contributed by atoms with van der Waals surface area (Å²) in [6.45, 7) is 0.416. The molecule has 4 N–H and O–H groups in total. The summed E-state index contributed by atoms with van der Waals surface area (Å²) in [5.41, 5.74) is 13.5. The van der Waals surface area contributed by atoms with Gasteiger partial charge in [0.2, 0.25) is 0 Å². The van der Waals surface area contributed by atoms with E-state index < -0.39 is 0 Å². The molecule has 0 aliphatic carbocycles. The minimum absolute atomic E-state index is 0.370. The molecule has 0 radical (unpaired) electrons. The number of rotatable bonds is 7. The van der Waals surface area contributed by atoms with Crippen LogP contribution in [0.2, 0.25) is 0 Å². The molecular weight excluding hydrogens is 287 g/mol. The van der Waals surface area contributed by atoms with Gasteiger partial charge in [0.15, 0.2) is 0 Å². The lowest BCUT2D eigenvalue weighted by atomic mass is 10.2. The van der Waals surface area contributed by atoms with Crippen molar-refractivity contribution in [2.45, 2.75) is 22.8 Å². The van der Waals surface area contributed by atoms with Crippen molar-refractivity contribution in [3.63, 3.8) is 0 Å². The van der Waals surface area contributed by atoms with Crippen molar-refractivity contribution in [3.8, 4) is 5.75 Å². The van der Waals surface area contributed by atoms with E-state index in [0.29, 0.717) is 25.3 Å². The normalized spacial score (nSPS) is 10.6. The quantitative estimate of drug-likeness (QED) is 0.606. The number of hydrogen-bond donors (Lipinski definition) is 2. The lowest BCUT2D eigenvalue weighted by Crippen LogP contribution is -2.02. The molecular formula is C16H19FN2OS. The number of alkyl halides is 1. The molecule has 3 nitrogen and oxygen atoms in total. The van der Waals surface area contributed by atoms with Gasteiger partial charge in [-0.15, -0.1) is 0 Å². The minimum atomic E-state index is -0.370. The van der Waals surface area contributed by atoms with Crippen molar-refractivity contribution >= 4 is 17.4 Å². The predicted octanol–water partition coefficient (Wildman–Crippen LogP) is 3.62. The second-order valence-corrected chi connectivity index (χ2v) is 5.59. The SMILES string of the molecule is NCc1cc(OCCCF)ccc1Sc1ccccc1N. The van der Waals surface area contributed by atoms with Crippen molar-refractivity contribution in [1.29, 1.82) is 0 Å². The van der Waals surface area contributed by atoms with Gasteiger partial charge in [0.05, 0.1) is 13.3 Å². The molecule has 0 aliphatic heterocycles. The number of hydrogen-bond acceptors (Lipinski definition) is 4. The Bertz CT molecular complexity index is 592. The monoisotopic (exact) mass is 306 g/mol. The van der Waals surface area contributed by atoms with Gasteiger partial charge in [-0.25, -0.2) is 0 Å². The van der Waals surface area contributed by atoms with Crippen LogP contribution in [0.5, 0.6) is 5.75 Å². The highest BCUT2D eigenvalue weighted by Gasteiger charge is 2.07. The van der Waals surface area contributed by atoms with E-state index >= 15 is 0 Å². The summed E-state index contributed by atoms with van der Waals surface area (Å²) in [4.78, 5) is 2.05. The largest absolute Gasteiger partial charge is 0.493 e. The van der Waals surface area contributed by atoms with E-state index in [-0.39, 0.29) is 6.67 Å². The van der Waals surface area contributed by atoms with Crippen molar-refractivity contribution < 1.29 is 9.13 Å². The Morgan fingerprint density at radius 1 is 1.10 bits per heavy atom. The Morgan fingerprint density at radius 3 is 2.62 bits per heavy atom. The molecule has 0 saturated heterocycles. The molecule has 0 atom stereocenters. The zero-order chi connectivity index (χ0) is 15.1. The molecule has 0 saturated carbocycles. The first-order chi connectivity index (χ1) is 10.2. The second-order valence-electron chi connectivity index (χ2n) is 4.50. The first-order valence-electron chi connectivity index (χ1n) is 6.78. The van der Waals surface area contributed by atoms with Crippen LogP contribution in [0, 0.1) is 0 Å². The Kier molecular flexibility index (Phi) is 5.90. The summed E-state index contributed by atoms with van der Waals surface area (Å²) in [5.74, 6) is 0.717. The Labute approximate surface area is 128 Å².